The largest absolute Gasteiger partial charge is 0.503 e. The number of carbonyl (C=O) groups excluding carboxylic acids is 1. The van der Waals surface area contributed by atoms with Crippen LogP contribution in [0.1, 0.15) is 24.5 Å². The van der Waals surface area contributed by atoms with Gasteiger partial charge in [-0.3, -0.25) is 4.79 Å². The van der Waals surface area contributed by atoms with E-state index >= 15 is 0 Å². The van der Waals surface area contributed by atoms with Crippen LogP contribution in [0.15, 0.2) is 10.6 Å². The van der Waals surface area contributed by atoms with Gasteiger partial charge >= 0.3 is 0 Å². The van der Waals surface area contributed by atoms with Crippen LogP contribution in [0.4, 0.5) is 13.2 Å². The van der Waals surface area contributed by atoms with Crippen molar-refractivity contribution in [2.24, 2.45) is 0 Å². The summed E-state index contributed by atoms with van der Waals surface area (Å²) in [6, 6.07) is 0.463. The monoisotopic (exact) mass is 357 g/mol. The highest BCUT2D eigenvalue weighted by Gasteiger charge is 2.30. The standard InChI is InChI=1S/C15H14F3N3O4/c1-6-4-21(5-7(2)24-6)15(23)13-19-14(25-20-13)8-3-9(16)11(18)12(22)10(8)17/h3,6-7,22H,4-5H2,1-2H3/t6-,7+. The van der Waals surface area contributed by atoms with Crippen LogP contribution in [-0.2, 0) is 4.74 Å². The molecule has 0 spiro atoms. The van der Waals surface area contributed by atoms with Crippen LogP contribution in [0, 0.1) is 17.5 Å². The number of hydrogen-bond donors (Lipinski definition) is 1. The lowest BCUT2D eigenvalue weighted by molar-refractivity contribution is -0.0589. The first-order chi connectivity index (χ1) is 11.8. The molecule has 3 rings (SSSR count). The zero-order chi connectivity index (χ0) is 18.3. The van der Waals surface area contributed by atoms with Crippen LogP contribution < -0.4 is 0 Å². The van der Waals surface area contributed by atoms with E-state index in [0.717, 1.165) is 0 Å². The van der Waals surface area contributed by atoms with E-state index < -0.39 is 40.6 Å². The predicted molar refractivity (Wildman–Crippen MR) is 77.2 cm³/mol. The molecule has 134 valence electrons. The molecule has 1 aromatic heterocycles. The molecule has 2 atom stereocenters. The van der Waals surface area contributed by atoms with E-state index in [1.165, 1.54) is 4.90 Å². The molecule has 0 radical (unpaired) electrons. The number of carbonyl (C=O) groups is 1. The average Bonchev–Trinajstić information content (AvgIpc) is 3.04. The second kappa shape index (κ2) is 6.36. The minimum atomic E-state index is -1.73. The molecule has 1 aromatic carbocycles. The van der Waals surface area contributed by atoms with Crippen LogP contribution in [0.25, 0.3) is 11.5 Å². The number of phenols is 1. The quantitative estimate of drug-likeness (QED) is 0.828. The van der Waals surface area contributed by atoms with Crippen molar-refractivity contribution in [1.82, 2.24) is 15.0 Å². The van der Waals surface area contributed by atoms with Crippen LogP contribution in [0.3, 0.4) is 0 Å². The Morgan fingerprint density at radius 1 is 1.24 bits per heavy atom. The molecule has 10 heteroatoms. The zero-order valence-electron chi connectivity index (χ0n) is 13.3. The number of aromatic nitrogens is 2. The Labute approximate surface area is 140 Å². The Bertz CT molecular complexity index is 817. The molecule has 0 aliphatic carbocycles. The van der Waals surface area contributed by atoms with Gasteiger partial charge in [-0.1, -0.05) is 5.16 Å². The van der Waals surface area contributed by atoms with Gasteiger partial charge in [0.05, 0.1) is 17.8 Å². The van der Waals surface area contributed by atoms with E-state index in [1.807, 2.05) is 0 Å². The molecule has 0 saturated carbocycles. The summed E-state index contributed by atoms with van der Waals surface area (Å²) < 4.78 is 50.7. The van der Waals surface area contributed by atoms with Crippen molar-refractivity contribution in [2.75, 3.05) is 13.1 Å². The van der Waals surface area contributed by atoms with Crippen molar-refractivity contribution >= 4 is 5.91 Å². The van der Waals surface area contributed by atoms with E-state index in [2.05, 4.69) is 10.1 Å². The molecule has 7 nitrogen and oxygen atoms in total. The number of hydrogen-bond acceptors (Lipinski definition) is 6. The van der Waals surface area contributed by atoms with Gasteiger partial charge in [-0.25, -0.2) is 8.78 Å². The number of aromatic hydroxyl groups is 1. The number of amides is 1. The summed E-state index contributed by atoms with van der Waals surface area (Å²) in [5, 5.41) is 12.7. The Balaban J connectivity index is 1.89. The summed E-state index contributed by atoms with van der Waals surface area (Å²) in [6.07, 6.45) is -0.362. The second-order valence-electron chi connectivity index (χ2n) is 5.77. The van der Waals surface area contributed by atoms with Gasteiger partial charge in [0.2, 0.25) is 5.82 Å². The van der Waals surface area contributed by atoms with E-state index in [4.69, 9.17) is 9.26 Å². The van der Waals surface area contributed by atoms with Crippen molar-refractivity contribution in [2.45, 2.75) is 26.1 Å². The molecule has 1 aliphatic rings. The molecule has 1 amide bonds. The lowest BCUT2D eigenvalue weighted by atomic mass is 10.2. The number of benzene rings is 1. The molecule has 25 heavy (non-hydrogen) atoms. The first-order valence-electron chi connectivity index (χ1n) is 7.43. The van der Waals surface area contributed by atoms with E-state index in [0.29, 0.717) is 19.2 Å². The molecule has 0 bridgehead atoms. The highest BCUT2D eigenvalue weighted by molar-refractivity contribution is 5.90. The predicted octanol–water partition coefficient (Wildman–Crippen LogP) is 2.11. The zero-order valence-corrected chi connectivity index (χ0v) is 13.3. The SMILES string of the molecule is C[C@@H]1CN(C(=O)c2noc(-c3cc(F)c(F)c(O)c3F)n2)C[C@H](C)O1. The molecule has 0 unspecified atom stereocenters. The van der Waals surface area contributed by atoms with Crippen molar-refractivity contribution in [3.8, 4) is 17.2 Å². The number of ether oxygens (including phenoxy) is 1. The molecular formula is C15H14F3N3O4. The Morgan fingerprint density at radius 2 is 1.88 bits per heavy atom. The molecule has 1 saturated heterocycles. The van der Waals surface area contributed by atoms with E-state index in [9.17, 15) is 23.1 Å². The maximum atomic E-state index is 13.9. The lowest BCUT2D eigenvalue weighted by Crippen LogP contribution is -2.48. The molecule has 1 fully saturated rings. The van der Waals surface area contributed by atoms with Crippen LogP contribution >= 0.6 is 0 Å². The van der Waals surface area contributed by atoms with E-state index in [1.54, 1.807) is 13.8 Å². The molecule has 1 aliphatic heterocycles. The number of halogens is 3. The Hall–Kier alpha value is -2.62. The van der Waals surface area contributed by atoms with Crippen molar-refractivity contribution in [1.29, 1.82) is 0 Å². The van der Waals surface area contributed by atoms with Crippen LogP contribution in [-0.4, -0.2) is 51.4 Å². The first-order valence-corrected chi connectivity index (χ1v) is 7.43. The van der Waals surface area contributed by atoms with Gasteiger partial charge in [0.1, 0.15) is 0 Å². The third kappa shape index (κ3) is 3.16. The van der Waals surface area contributed by atoms with Gasteiger partial charge < -0.3 is 19.3 Å². The third-order valence-electron chi connectivity index (χ3n) is 3.69. The summed E-state index contributed by atoms with van der Waals surface area (Å²) >= 11 is 0. The first kappa shape index (κ1) is 17.2. The fourth-order valence-corrected chi connectivity index (χ4v) is 2.65. The molecule has 1 N–H and O–H groups in total. The number of phenolic OH excluding ortho intramolecular Hbond substituents is 1. The van der Waals surface area contributed by atoms with Gasteiger partial charge in [0.25, 0.3) is 17.6 Å². The van der Waals surface area contributed by atoms with Gasteiger partial charge in [-0.2, -0.15) is 9.37 Å². The number of rotatable bonds is 2. The van der Waals surface area contributed by atoms with Crippen molar-refractivity contribution in [3.05, 3.63) is 29.3 Å². The summed E-state index contributed by atoms with van der Waals surface area (Å²) in [4.78, 5) is 17.6. The Kier molecular flexibility index (Phi) is 4.38. The number of morpholine rings is 1. The summed E-state index contributed by atoms with van der Waals surface area (Å²) in [7, 11) is 0. The van der Waals surface area contributed by atoms with Crippen LogP contribution in [0.2, 0.25) is 0 Å². The summed E-state index contributed by atoms with van der Waals surface area (Å²) in [5.74, 6) is -7.66. The molecule has 2 aromatic rings. The van der Waals surface area contributed by atoms with Crippen LogP contribution in [0.5, 0.6) is 5.75 Å². The maximum Gasteiger partial charge on any atom is 0.295 e. The average molecular weight is 357 g/mol. The van der Waals surface area contributed by atoms with Crippen molar-refractivity contribution in [3.63, 3.8) is 0 Å². The fourth-order valence-electron chi connectivity index (χ4n) is 2.65. The minimum absolute atomic E-state index is 0.181. The van der Waals surface area contributed by atoms with Gasteiger partial charge in [0, 0.05) is 13.1 Å². The van der Waals surface area contributed by atoms with Gasteiger partial charge in [0.15, 0.2) is 17.4 Å². The molecular weight excluding hydrogens is 343 g/mol. The number of nitrogens with zero attached hydrogens (tertiary/aromatic N) is 3. The lowest BCUT2D eigenvalue weighted by Gasteiger charge is -2.34. The third-order valence-corrected chi connectivity index (χ3v) is 3.69. The second-order valence-corrected chi connectivity index (χ2v) is 5.77. The summed E-state index contributed by atoms with van der Waals surface area (Å²) in [6.45, 7) is 4.23. The highest BCUT2D eigenvalue weighted by Crippen LogP contribution is 2.31. The highest BCUT2D eigenvalue weighted by atomic mass is 19.2. The maximum absolute atomic E-state index is 13.9. The van der Waals surface area contributed by atoms with Gasteiger partial charge in [-0.15, -0.1) is 0 Å². The van der Waals surface area contributed by atoms with Gasteiger partial charge in [-0.05, 0) is 19.9 Å². The topological polar surface area (TPSA) is 88.7 Å². The summed E-state index contributed by atoms with van der Waals surface area (Å²) in [5.41, 5.74) is -0.647. The normalized spacial score (nSPS) is 20.8. The van der Waals surface area contributed by atoms with Crippen molar-refractivity contribution < 1.29 is 32.3 Å². The van der Waals surface area contributed by atoms with E-state index in [-0.39, 0.29) is 18.0 Å². The molecule has 2 heterocycles. The Morgan fingerprint density at radius 3 is 2.52 bits per heavy atom. The smallest absolute Gasteiger partial charge is 0.295 e. The fraction of sp³-hybridized carbons (Fsp3) is 0.400. The minimum Gasteiger partial charge on any atom is -0.503 e.